The number of allylic oxidation sites excluding steroid dienone is 6. The zero-order valence-corrected chi connectivity index (χ0v) is 20.8. The van der Waals surface area contributed by atoms with E-state index >= 15 is 0 Å². The number of carbonyl (C=O) groups is 1. The van der Waals surface area contributed by atoms with Crippen molar-refractivity contribution in [1.82, 2.24) is 0 Å². The van der Waals surface area contributed by atoms with Crippen LogP contribution in [0.4, 0.5) is 0 Å². The van der Waals surface area contributed by atoms with Crippen LogP contribution in [0.3, 0.4) is 0 Å². The summed E-state index contributed by atoms with van der Waals surface area (Å²) in [5.41, 5.74) is 5.70. The Morgan fingerprint density at radius 2 is 1.75 bits per heavy atom. The van der Waals surface area contributed by atoms with Gasteiger partial charge < -0.3 is 14.9 Å². The highest BCUT2D eigenvalue weighted by molar-refractivity contribution is 5.95. The van der Waals surface area contributed by atoms with Crippen LogP contribution in [0.5, 0.6) is 11.5 Å². The summed E-state index contributed by atoms with van der Waals surface area (Å²) in [5, 5.41) is 20.7. The summed E-state index contributed by atoms with van der Waals surface area (Å²) in [6.07, 6.45) is 10.5. The number of phenolic OH excluding ortho intramolecular Hbond substituents is 1. The van der Waals surface area contributed by atoms with Crippen LogP contribution in [0.25, 0.3) is 0 Å². The number of Topliss-reactive ketones (excluding diaryl/α,β-unsaturated/α-hetero) is 1. The molecule has 1 aromatic rings. The first-order valence-electron chi connectivity index (χ1n) is 11.2. The molecular formula is C28H40O4. The molecule has 0 aliphatic carbocycles. The molecule has 4 nitrogen and oxygen atoms in total. The molecule has 1 unspecified atom stereocenters. The fraction of sp³-hybridized carbons (Fsp3) is 0.464. The van der Waals surface area contributed by atoms with E-state index in [1.54, 1.807) is 7.11 Å². The number of phenols is 1. The molecular weight excluding hydrogens is 400 g/mol. The smallest absolute Gasteiger partial charge is 0.162 e. The largest absolute Gasteiger partial charge is 0.507 e. The number of aryl methyl sites for hydroxylation is 1. The van der Waals surface area contributed by atoms with E-state index in [4.69, 9.17) is 4.74 Å². The van der Waals surface area contributed by atoms with Crippen molar-refractivity contribution in [2.75, 3.05) is 7.11 Å². The summed E-state index contributed by atoms with van der Waals surface area (Å²) in [6.45, 7) is 11.7. The van der Waals surface area contributed by atoms with Gasteiger partial charge in [0.25, 0.3) is 0 Å². The molecule has 2 N–H and O–H groups in total. The van der Waals surface area contributed by atoms with Crippen molar-refractivity contribution >= 4 is 5.78 Å². The number of ketones is 1. The van der Waals surface area contributed by atoms with Crippen LogP contribution < -0.4 is 4.74 Å². The Morgan fingerprint density at radius 3 is 2.38 bits per heavy atom. The molecule has 0 saturated heterocycles. The Balaban J connectivity index is 2.60. The molecule has 1 aromatic carbocycles. The Kier molecular flexibility index (Phi) is 11.8. The predicted molar refractivity (Wildman–Crippen MR) is 133 cm³/mol. The van der Waals surface area contributed by atoms with Crippen molar-refractivity contribution in [3.05, 3.63) is 69.9 Å². The molecule has 1 atom stereocenters. The number of methoxy groups -OCH3 is 1. The Morgan fingerprint density at radius 1 is 1.06 bits per heavy atom. The Bertz CT molecular complexity index is 896. The van der Waals surface area contributed by atoms with Gasteiger partial charge in [0.2, 0.25) is 0 Å². The predicted octanol–water partition coefficient (Wildman–Crippen LogP) is 6.55. The Hall–Kier alpha value is -2.59. The SMILES string of the molecule is COc1cc(C)c(O)c(C/C=C(\C)CC(O)/C=C(\C)CC/C=C(\C)C(=O)CC=C(C)C)c1. The second-order valence-electron chi connectivity index (χ2n) is 8.83. The second kappa shape index (κ2) is 13.7. The van der Waals surface area contributed by atoms with Crippen LogP contribution in [-0.2, 0) is 11.2 Å². The Labute approximate surface area is 194 Å². The zero-order chi connectivity index (χ0) is 24.3. The van der Waals surface area contributed by atoms with Crippen molar-refractivity contribution in [3.63, 3.8) is 0 Å². The third kappa shape index (κ3) is 10.1. The number of aliphatic hydroxyl groups excluding tert-OH is 1. The fourth-order valence-electron chi connectivity index (χ4n) is 3.35. The second-order valence-corrected chi connectivity index (χ2v) is 8.83. The van der Waals surface area contributed by atoms with Gasteiger partial charge in [0.1, 0.15) is 11.5 Å². The molecule has 0 aromatic heterocycles. The third-order valence-corrected chi connectivity index (χ3v) is 5.39. The first kappa shape index (κ1) is 27.4. The van der Waals surface area contributed by atoms with Crippen LogP contribution in [0.15, 0.2) is 58.7 Å². The summed E-state index contributed by atoms with van der Waals surface area (Å²) in [4.78, 5) is 12.1. The molecule has 0 saturated carbocycles. The number of carbonyl (C=O) groups excluding carboxylic acids is 1. The van der Waals surface area contributed by atoms with Crippen LogP contribution in [-0.4, -0.2) is 29.2 Å². The maximum atomic E-state index is 12.1. The van der Waals surface area contributed by atoms with E-state index in [1.807, 2.05) is 78.0 Å². The number of aliphatic hydroxyl groups is 1. The minimum atomic E-state index is -0.559. The number of hydrogen-bond donors (Lipinski definition) is 2. The molecule has 0 bridgehead atoms. The maximum Gasteiger partial charge on any atom is 0.162 e. The summed E-state index contributed by atoms with van der Waals surface area (Å²) in [6, 6.07) is 3.65. The molecule has 32 heavy (non-hydrogen) atoms. The van der Waals surface area contributed by atoms with Crippen molar-refractivity contribution in [1.29, 1.82) is 0 Å². The molecule has 0 aliphatic heterocycles. The fourth-order valence-corrected chi connectivity index (χ4v) is 3.35. The quantitative estimate of drug-likeness (QED) is 0.286. The van der Waals surface area contributed by atoms with E-state index in [-0.39, 0.29) is 11.5 Å². The molecule has 0 fully saturated rings. The normalized spacial score (nSPS) is 13.7. The molecule has 0 amide bonds. The van der Waals surface area contributed by atoms with Gasteiger partial charge in [-0.1, -0.05) is 41.0 Å². The minimum absolute atomic E-state index is 0.158. The van der Waals surface area contributed by atoms with Gasteiger partial charge in [-0.2, -0.15) is 0 Å². The van der Waals surface area contributed by atoms with Gasteiger partial charge >= 0.3 is 0 Å². The van der Waals surface area contributed by atoms with Crippen molar-refractivity contribution < 1.29 is 19.7 Å². The molecule has 4 heteroatoms. The molecule has 0 radical (unpaired) electrons. The highest BCUT2D eigenvalue weighted by Crippen LogP contribution is 2.28. The highest BCUT2D eigenvalue weighted by Gasteiger charge is 2.08. The van der Waals surface area contributed by atoms with Crippen molar-refractivity contribution in [2.24, 2.45) is 0 Å². The van der Waals surface area contributed by atoms with Crippen LogP contribution in [0.2, 0.25) is 0 Å². The number of rotatable bonds is 12. The first-order valence-corrected chi connectivity index (χ1v) is 11.2. The lowest BCUT2D eigenvalue weighted by molar-refractivity contribution is -0.114. The number of hydrogen-bond acceptors (Lipinski definition) is 4. The van der Waals surface area contributed by atoms with Gasteiger partial charge in [0.15, 0.2) is 5.78 Å². The van der Waals surface area contributed by atoms with E-state index in [2.05, 4.69) is 0 Å². The van der Waals surface area contributed by atoms with Gasteiger partial charge in [-0.05, 0) is 90.5 Å². The highest BCUT2D eigenvalue weighted by atomic mass is 16.5. The maximum absolute atomic E-state index is 12.1. The topological polar surface area (TPSA) is 66.8 Å². The average molecular weight is 441 g/mol. The zero-order valence-electron chi connectivity index (χ0n) is 20.8. The third-order valence-electron chi connectivity index (χ3n) is 5.39. The molecule has 1 rings (SSSR count). The summed E-state index contributed by atoms with van der Waals surface area (Å²) >= 11 is 0. The van der Waals surface area contributed by atoms with Gasteiger partial charge in [-0.3, -0.25) is 4.79 Å². The lowest BCUT2D eigenvalue weighted by atomic mass is 10.0. The van der Waals surface area contributed by atoms with Gasteiger partial charge in [-0.25, -0.2) is 0 Å². The van der Waals surface area contributed by atoms with Gasteiger partial charge in [0, 0.05) is 12.0 Å². The van der Waals surface area contributed by atoms with E-state index in [9.17, 15) is 15.0 Å². The van der Waals surface area contributed by atoms with Gasteiger partial charge in [0.05, 0.1) is 13.2 Å². The first-order chi connectivity index (χ1) is 15.0. The number of ether oxygens (including phenoxy) is 1. The monoisotopic (exact) mass is 440 g/mol. The lowest BCUT2D eigenvalue weighted by Crippen LogP contribution is -2.04. The average Bonchev–Trinajstić information content (AvgIpc) is 2.72. The number of aromatic hydroxyl groups is 1. The van der Waals surface area contributed by atoms with E-state index in [0.29, 0.717) is 19.3 Å². The van der Waals surface area contributed by atoms with Crippen LogP contribution in [0.1, 0.15) is 71.4 Å². The number of benzene rings is 1. The summed E-state index contributed by atoms with van der Waals surface area (Å²) < 4.78 is 5.28. The molecule has 0 aliphatic rings. The molecule has 176 valence electrons. The van der Waals surface area contributed by atoms with E-state index < -0.39 is 6.10 Å². The van der Waals surface area contributed by atoms with Crippen LogP contribution in [0, 0.1) is 6.92 Å². The van der Waals surface area contributed by atoms with Crippen molar-refractivity contribution in [3.8, 4) is 11.5 Å². The summed E-state index contributed by atoms with van der Waals surface area (Å²) in [5.74, 6) is 1.17. The van der Waals surface area contributed by atoms with Gasteiger partial charge in [-0.15, -0.1) is 0 Å². The van der Waals surface area contributed by atoms with E-state index in [0.717, 1.165) is 52.0 Å². The lowest BCUT2D eigenvalue weighted by Gasteiger charge is -2.11. The standard InChI is InChI=1S/C28H40O4/c1-19(2)11-14-27(30)22(5)10-8-9-20(3)15-25(29)16-21(4)12-13-24-18-26(32-7)17-23(6)28(24)31/h10-12,15,17-18,25,29,31H,8-9,13-14,16H2,1-7H3/b20-15+,21-12+,22-10+. The summed E-state index contributed by atoms with van der Waals surface area (Å²) in [7, 11) is 1.61. The van der Waals surface area contributed by atoms with Crippen LogP contribution >= 0.6 is 0 Å². The van der Waals surface area contributed by atoms with Crippen molar-refractivity contribution in [2.45, 2.75) is 79.8 Å². The van der Waals surface area contributed by atoms with E-state index in [1.165, 1.54) is 0 Å². The molecule has 0 heterocycles. The minimum Gasteiger partial charge on any atom is -0.507 e. The molecule has 0 spiro atoms.